The molecule has 0 unspecified atom stereocenters. The molecule has 0 aliphatic heterocycles. The first-order valence-corrected chi connectivity index (χ1v) is 6.47. The molecule has 2 aromatic rings. The first-order valence-electron chi connectivity index (χ1n) is 5.14. The Morgan fingerprint density at radius 1 is 1.29 bits per heavy atom. The van der Waals surface area contributed by atoms with Crippen molar-refractivity contribution in [1.82, 2.24) is 4.98 Å². The average molecular weight is 313 g/mol. The third-order valence-electron chi connectivity index (χ3n) is 2.34. The highest BCUT2D eigenvalue weighted by Crippen LogP contribution is 2.30. The van der Waals surface area contributed by atoms with Crippen molar-refractivity contribution in [3.8, 4) is 11.5 Å². The number of halogens is 2. The standard InChI is InChI=1S/C13H11BrClNO/c1-9-12(3-2-6-16-9)17-13-5-4-11(14)7-10(13)8-15/h2-7H,8H2,1H3. The van der Waals surface area contributed by atoms with E-state index >= 15 is 0 Å². The van der Waals surface area contributed by atoms with E-state index in [9.17, 15) is 0 Å². The number of alkyl halides is 1. The molecule has 0 N–H and O–H groups in total. The fourth-order valence-electron chi connectivity index (χ4n) is 1.45. The van der Waals surface area contributed by atoms with Crippen molar-refractivity contribution in [2.45, 2.75) is 12.8 Å². The maximum Gasteiger partial charge on any atom is 0.148 e. The first kappa shape index (κ1) is 12.4. The summed E-state index contributed by atoms with van der Waals surface area (Å²) in [7, 11) is 0. The zero-order valence-electron chi connectivity index (χ0n) is 9.28. The summed E-state index contributed by atoms with van der Waals surface area (Å²) < 4.78 is 6.81. The molecule has 2 nitrogen and oxygen atoms in total. The highest BCUT2D eigenvalue weighted by atomic mass is 79.9. The van der Waals surface area contributed by atoms with Crippen LogP contribution in [0.5, 0.6) is 11.5 Å². The van der Waals surface area contributed by atoms with E-state index in [0.717, 1.165) is 27.2 Å². The molecule has 88 valence electrons. The summed E-state index contributed by atoms with van der Waals surface area (Å²) in [5, 5.41) is 0. The molecule has 0 saturated heterocycles. The van der Waals surface area contributed by atoms with Crippen LogP contribution in [0.1, 0.15) is 11.3 Å². The van der Waals surface area contributed by atoms with Crippen LogP contribution in [-0.2, 0) is 5.88 Å². The van der Waals surface area contributed by atoms with Crippen molar-refractivity contribution < 1.29 is 4.74 Å². The van der Waals surface area contributed by atoms with E-state index in [4.69, 9.17) is 16.3 Å². The van der Waals surface area contributed by atoms with Crippen molar-refractivity contribution in [2.24, 2.45) is 0 Å². The lowest BCUT2D eigenvalue weighted by atomic mass is 10.2. The molecule has 17 heavy (non-hydrogen) atoms. The van der Waals surface area contributed by atoms with E-state index in [-0.39, 0.29) is 0 Å². The molecule has 0 amide bonds. The molecule has 0 aliphatic carbocycles. The minimum absolute atomic E-state index is 0.411. The van der Waals surface area contributed by atoms with Gasteiger partial charge in [0.15, 0.2) is 0 Å². The average Bonchev–Trinajstić information content (AvgIpc) is 2.34. The SMILES string of the molecule is Cc1ncccc1Oc1ccc(Br)cc1CCl. The largest absolute Gasteiger partial charge is 0.455 e. The van der Waals surface area contributed by atoms with E-state index in [1.54, 1.807) is 6.20 Å². The van der Waals surface area contributed by atoms with Gasteiger partial charge in [-0.05, 0) is 37.3 Å². The van der Waals surface area contributed by atoms with Crippen LogP contribution in [0, 0.1) is 6.92 Å². The summed E-state index contributed by atoms with van der Waals surface area (Å²) in [6.07, 6.45) is 1.74. The topological polar surface area (TPSA) is 22.1 Å². The van der Waals surface area contributed by atoms with Gasteiger partial charge in [-0.15, -0.1) is 11.6 Å². The molecule has 0 fully saturated rings. The summed E-state index contributed by atoms with van der Waals surface area (Å²) in [6.45, 7) is 1.91. The van der Waals surface area contributed by atoms with Crippen molar-refractivity contribution in [3.63, 3.8) is 0 Å². The minimum Gasteiger partial charge on any atom is -0.455 e. The Kier molecular flexibility index (Phi) is 4.02. The number of hydrogen-bond acceptors (Lipinski definition) is 2. The van der Waals surface area contributed by atoms with Crippen LogP contribution in [-0.4, -0.2) is 4.98 Å². The molecule has 1 aromatic heterocycles. The van der Waals surface area contributed by atoms with Crippen molar-refractivity contribution >= 4 is 27.5 Å². The third-order valence-corrected chi connectivity index (χ3v) is 3.13. The van der Waals surface area contributed by atoms with Gasteiger partial charge in [0, 0.05) is 16.2 Å². The van der Waals surface area contributed by atoms with E-state index in [2.05, 4.69) is 20.9 Å². The van der Waals surface area contributed by atoms with E-state index < -0.39 is 0 Å². The van der Waals surface area contributed by atoms with Gasteiger partial charge in [0.1, 0.15) is 11.5 Å². The summed E-state index contributed by atoms with van der Waals surface area (Å²) in [6, 6.07) is 9.52. The predicted molar refractivity (Wildman–Crippen MR) is 72.7 cm³/mol. The highest BCUT2D eigenvalue weighted by Gasteiger charge is 2.06. The zero-order chi connectivity index (χ0) is 12.3. The molecule has 1 heterocycles. The molecular formula is C13H11BrClNO. The second-order valence-electron chi connectivity index (χ2n) is 3.57. The van der Waals surface area contributed by atoms with Gasteiger partial charge < -0.3 is 4.74 Å². The number of aryl methyl sites for hydroxylation is 1. The van der Waals surface area contributed by atoms with Gasteiger partial charge in [-0.3, -0.25) is 4.98 Å². The van der Waals surface area contributed by atoms with Gasteiger partial charge >= 0.3 is 0 Å². The van der Waals surface area contributed by atoms with Crippen LogP contribution in [0.2, 0.25) is 0 Å². The third kappa shape index (κ3) is 2.99. The number of rotatable bonds is 3. The summed E-state index contributed by atoms with van der Waals surface area (Å²) in [4.78, 5) is 4.18. The number of nitrogens with zero attached hydrogens (tertiary/aromatic N) is 1. The zero-order valence-corrected chi connectivity index (χ0v) is 11.6. The summed E-state index contributed by atoms with van der Waals surface area (Å²) >= 11 is 9.30. The predicted octanol–water partition coefficient (Wildman–Crippen LogP) is 4.68. The minimum atomic E-state index is 0.411. The van der Waals surface area contributed by atoms with Crippen molar-refractivity contribution in [3.05, 3.63) is 52.3 Å². The number of aromatic nitrogens is 1. The van der Waals surface area contributed by atoms with E-state index in [0.29, 0.717) is 5.88 Å². The van der Waals surface area contributed by atoms with Gasteiger partial charge in [0.05, 0.1) is 11.6 Å². The number of pyridine rings is 1. The molecular weight excluding hydrogens is 302 g/mol. The fourth-order valence-corrected chi connectivity index (χ4v) is 2.07. The molecule has 2 rings (SSSR count). The van der Waals surface area contributed by atoms with E-state index in [1.807, 2.05) is 37.3 Å². The van der Waals surface area contributed by atoms with Crippen molar-refractivity contribution in [1.29, 1.82) is 0 Å². The number of hydrogen-bond donors (Lipinski definition) is 0. The molecule has 0 radical (unpaired) electrons. The molecule has 0 spiro atoms. The first-order chi connectivity index (χ1) is 8.20. The quantitative estimate of drug-likeness (QED) is 0.767. The summed E-state index contributed by atoms with van der Waals surface area (Å²) in [5.74, 6) is 1.93. The van der Waals surface area contributed by atoms with Crippen molar-refractivity contribution in [2.75, 3.05) is 0 Å². The molecule has 4 heteroatoms. The Morgan fingerprint density at radius 3 is 2.82 bits per heavy atom. The maximum atomic E-state index is 5.89. The monoisotopic (exact) mass is 311 g/mol. The van der Waals surface area contributed by atoms with Crippen LogP contribution in [0.15, 0.2) is 41.0 Å². The smallest absolute Gasteiger partial charge is 0.148 e. The lowest BCUT2D eigenvalue weighted by Crippen LogP contribution is -1.93. The van der Waals surface area contributed by atoms with Crippen LogP contribution in [0.3, 0.4) is 0 Å². The molecule has 0 saturated carbocycles. The van der Waals surface area contributed by atoms with Crippen LogP contribution in [0.25, 0.3) is 0 Å². The lowest BCUT2D eigenvalue weighted by molar-refractivity contribution is 0.471. The van der Waals surface area contributed by atoms with Gasteiger partial charge in [-0.25, -0.2) is 0 Å². The van der Waals surface area contributed by atoms with Gasteiger partial charge in [-0.1, -0.05) is 15.9 Å². The fraction of sp³-hybridized carbons (Fsp3) is 0.154. The Morgan fingerprint density at radius 2 is 2.12 bits per heavy atom. The van der Waals surface area contributed by atoms with Crippen LogP contribution >= 0.6 is 27.5 Å². The highest BCUT2D eigenvalue weighted by molar-refractivity contribution is 9.10. The number of benzene rings is 1. The van der Waals surface area contributed by atoms with Gasteiger partial charge in [-0.2, -0.15) is 0 Å². The number of ether oxygens (including phenoxy) is 1. The van der Waals surface area contributed by atoms with Gasteiger partial charge in [0.2, 0.25) is 0 Å². The lowest BCUT2D eigenvalue weighted by Gasteiger charge is -2.11. The summed E-state index contributed by atoms with van der Waals surface area (Å²) in [5.41, 5.74) is 1.81. The second-order valence-corrected chi connectivity index (χ2v) is 4.76. The second kappa shape index (κ2) is 5.52. The maximum absolute atomic E-state index is 5.89. The van der Waals surface area contributed by atoms with Crippen LogP contribution in [0.4, 0.5) is 0 Å². The normalized spacial score (nSPS) is 10.3. The van der Waals surface area contributed by atoms with Gasteiger partial charge in [0.25, 0.3) is 0 Å². The molecule has 1 aromatic carbocycles. The Hall–Kier alpha value is -1.06. The Labute approximate surface area is 114 Å². The molecule has 0 bridgehead atoms. The van der Waals surface area contributed by atoms with Crippen LogP contribution < -0.4 is 4.74 Å². The van der Waals surface area contributed by atoms with E-state index in [1.165, 1.54) is 0 Å². The Bertz CT molecular complexity index is 531. The molecule has 0 atom stereocenters. The Balaban J connectivity index is 2.33. The molecule has 0 aliphatic rings.